The highest BCUT2D eigenvalue weighted by Crippen LogP contribution is 2.32. The van der Waals surface area contributed by atoms with Crippen LogP contribution in [0.1, 0.15) is 38.3 Å². The third kappa shape index (κ3) is 5.12. The van der Waals surface area contributed by atoms with E-state index in [1.165, 1.54) is 14.4 Å². The fourth-order valence-electron chi connectivity index (χ4n) is 5.07. The Labute approximate surface area is 225 Å². The number of morpholine rings is 1. The van der Waals surface area contributed by atoms with Crippen LogP contribution in [0, 0.1) is 5.92 Å². The van der Waals surface area contributed by atoms with Crippen molar-refractivity contribution in [2.24, 2.45) is 11.7 Å². The molecule has 2 heterocycles. The van der Waals surface area contributed by atoms with E-state index in [-0.39, 0.29) is 30.4 Å². The predicted octanol–water partition coefficient (Wildman–Crippen LogP) is 3.24. The lowest BCUT2D eigenvalue weighted by Gasteiger charge is -2.34. The molecule has 1 saturated carbocycles. The number of urea groups is 1. The number of fused-ring (bicyclic) bond motifs is 1. The van der Waals surface area contributed by atoms with E-state index in [1.54, 1.807) is 34.9 Å². The average molecular weight is 532 g/mol. The fourth-order valence-corrected chi connectivity index (χ4v) is 5.07. The molecule has 1 saturated heterocycles. The number of nitrogens with zero attached hydrogens (tertiary/aromatic N) is 4. The first-order valence-corrected chi connectivity index (χ1v) is 13.2. The minimum Gasteiger partial charge on any atom is -0.365 e. The molecule has 10 heteroatoms. The number of carbonyl (C=O) groups is 2. The molecular formula is C29H33N5O5. The summed E-state index contributed by atoms with van der Waals surface area (Å²) in [4.78, 5) is 55.6. The topological polar surface area (TPSA) is 120 Å². The Kier molecular flexibility index (Phi) is 7.14. The van der Waals surface area contributed by atoms with Crippen molar-refractivity contribution in [3.05, 3.63) is 75.4 Å². The van der Waals surface area contributed by atoms with Crippen LogP contribution in [-0.2, 0) is 16.1 Å². The number of hydrogen-bond donors (Lipinski definition) is 1. The van der Waals surface area contributed by atoms with Gasteiger partial charge >= 0.3 is 11.7 Å². The van der Waals surface area contributed by atoms with Crippen molar-refractivity contribution in [2.75, 3.05) is 24.6 Å². The van der Waals surface area contributed by atoms with Crippen molar-refractivity contribution in [1.82, 2.24) is 14.0 Å². The number of primary amides is 1. The number of nitrogens with two attached hydrogens (primary N) is 1. The zero-order chi connectivity index (χ0) is 27.8. The largest absolute Gasteiger partial charge is 0.365 e. The lowest BCUT2D eigenvalue weighted by atomic mass is 10.1. The Bertz CT molecular complexity index is 1570. The average Bonchev–Trinajstić information content (AvgIpc) is 3.76. The maximum atomic E-state index is 14.0. The molecule has 3 aromatic rings. The molecule has 1 unspecified atom stereocenters. The van der Waals surface area contributed by atoms with Gasteiger partial charge in [0.15, 0.2) is 6.10 Å². The molecule has 0 radical (unpaired) electrons. The highest BCUT2D eigenvalue weighted by molar-refractivity contribution is 6.05. The van der Waals surface area contributed by atoms with Crippen LogP contribution in [0.5, 0.6) is 0 Å². The lowest BCUT2D eigenvalue weighted by molar-refractivity contribution is -0.133. The summed E-state index contributed by atoms with van der Waals surface area (Å²) in [6.07, 6.45) is 2.72. The summed E-state index contributed by atoms with van der Waals surface area (Å²) >= 11 is 0. The molecule has 204 valence electrons. The van der Waals surface area contributed by atoms with Gasteiger partial charge in [-0.3, -0.25) is 23.6 Å². The smallest absolute Gasteiger partial charge is 0.331 e. The zero-order valence-corrected chi connectivity index (χ0v) is 22.2. The summed E-state index contributed by atoms with van der Waals surface area (Å²) < 4.78 is 8.73. The molecule has 1 aromatic heterocycles. The monoisotopic (exact) mass is 531 g/mol. The first-order chi connectivity index (χ1) is 18.7. The molecule has 0 spiro atoms. The first kappa shape index (κ1) is 26.4. The van der Waals surface area contributed by atoms with Crippen molar-refractivity contribution < 1.29 is 14.3 Å². The highest BCUT2D eigenvalue weighted by Gasteiger charge is 2.34. The SMILES string of the molecule is C=Cc1cccc(N(C(=O)C2CN(C(N)=O)CCO2)c2ccc3c(c2)c(=O)n(CC2CC2)c(=O)n3C(C)C)c1. The van der Waals surface area contributed by atoms with Gasteiger partial charge in [0, 0.05) is 30.5 Å². The molecule has 2 aliphatic rings. The summed E-state index contributed by atoms with van der Waals surface area (Å²) in [5.74, 6) is -0.0787. The van der Waals surface area contributed by atoms with Crippen molar-refractivity contribution in [3.8, 4) is 0 Å². The van der Waals surface area contributed by atoms with Crippen molar-refractivity contribution in [1.29, 1.82) is 0 Å². The number of rotatable bonds is 7. The number of anilines is 2. The standard InChI is InChI=1S/C29H33N5O5/c1-4-19-6-5-7-21(14-19)34(27(36)25-17-31(28(30)37)12-13-39-25)22-10-11-24-23(15-22)26(35)32(16-20-8-9-20)29(38)33(24)18(2)3/h4-7,10-11,14-15,18,20,25H,1,8-9,12-13,16-17H2,2-3H3,(H2,30,37). The van der Waals surface area contributed by atoms with E-state index in [0.29, 0.717) is 41.3 Å². The molecule has 10 nitrogen and oxygen atoms in total. The van der Waals surface area contributed by atoms with Crippen molar-refractivity contribution >= 4 is 40.3 Å². The van der Waals surface area contributed by atoms with Gasteiger partial charge in [-0.15, -0.1) is 0 Å². The number of hydrogen-bond acceptors (Lipinski definition) is 5. The number of benzene rings is 2. The number of ether oxygens (including phenoxy) is 1. The van der Waals surface area contributed by atoms with Crippen LogP contribution < -0.4 is 21.9 Å². The third-order valence-electron chi connectivity index (χ3n) is 7.30. The first-order valence-electron chi connectivity index (χ1n) is 13.2. The number of amides is 3. The Morgan fingerprint density at radius 2 is 1.90 bits per heavy atom. The molecule has 2 fully saturated rings. The van der Waals surface area contributed by atoms with Gasteiger partial charge in [0.25, 0.3) is 11.5 Å². The van der Waals surface area contributed by atoms with Gasteiger partial charge in [0.05, 0.1) is 24.1 Å². The molecule has 1 aliphatic carbocycles. The van der Waals surface area contributed by atoms with Gasteiger partial charge in [0.2, 0.25) is 0 Å². The molecule has 3 amide bonds. The Morgan fingerprint density at radius 3 is 2.56 bits per heavy atom. The van der Waals surface area contributed by atoms with Crippen LogP contribution in [0.4, 0.5) is 16.2 Å². The summed E-state index contributed by atoms with van der Waals surface area (Å²) in [6.45, 7) is 8.51. The van der Waals surface area contributed by atoms with Crippen LogP contribution in [-0.4, -0.2) is 51.8 Å². The fraction of sp³-hybridized carbons (Fsp3) is 0.379. The molecule has 2 aromatic carbocycles. The van der Waals surface area contributed by atoms with Crippen LogP contribution >= 0.6 is 0 Å². The predicted molar refractivity (Wildman–Crippen MR) is 150 cm³/mol. The zero-order valence-electron chi connectivity index (χ0n) is 22.2. The molecule has 5 rings (SSSR count). The van der Waals surface area contributed by atoms with E-state index in [4.69, 9.17) is 10.5 Å². The molecule has 39 heavy (non-hydrogen) atoms. The second-order valence-electron chi connectivity index (χ2n) is 10.4. The van der Waals surface area contributed by atoms with Gasteiger partial charge in [-0.1, -0.05) is 24.8 Å². The summed E-state index contributed by atoms with van der Waals surface area (Å²) in [6, 6.07) is 11.6. The normalized spacial score (nSPS) is 17.4. The van der Waals surface area contributed by atoms with Gasteiger partial charge in [-0.25, -0.2) is 9.59 Å². The summed E-state index contributed by atoms with van der Waals surface area (Å²) in [5.41, 5.74) is 7.08. The summed E-state index contributed by atoms with van der Waals surface area (Å²) in [5, 5.41) is 0.349. The maximum absolute atomic E-state index is 14.0. The molecular weight excluding hydrogens is 498 g/mol. The molecule has 2 N–H and O–H groups in total. The lowest BCUT2D eigenvalue weighted by Crippen LogP contribution is -2.53. The van der Waals surface area contributed by atoms with Crippen LogP contribution in [0.3, 0.4) is 0 Å². The van der Waals surface area contributed by atoms with Crippen LogP contribution in [0.25, 0.3) is 17.0 Å². The maximum Gasteiger partial charge on any atom is 0.331 e. The van der Waals surface area contributed by atoms with Gasteiger partial charge in [-0.05, 0) is 68.5 Å². The van der Waals surface area contributed by atoms with E-state index in [0.717, 1.165) is 18.4 Å². The van der Waals surface area contributed by atoms with Crippen molar-refractivity contribution in [2.45, 2.75) is 45.4 Å². The third-order valence-corrected chi connectivity index (χ3v) is 7.30. The number of carbonyl (C=O) groups excluding carboxylic acids is 2. The van der Waals surface area contributed by atoms with Gasteiger partial charge in [-0.2, -0.15) is 0 Å². The Hall–Kier alpha value is -4.18. The minimum absolute atomic E-state index is 0.0144. The van der Waals surface area contributed by atoms with Gasteiger partial charge < -0.3 is 15.4 Å². The highest BCUT2D eigenvalue weighted by atomic mass is 16.5. The second-order valence-corrected chi connectivity index (χ2v) is 10.4. The Morgan fingerprint density at radius 1 is 1.15 bits per heavy atom. The van der Waals surface area contributed by atoms with Crippen molar-refractivity contribution in [3.63, 3.8) is 0 Å². The summed E-state index contributed by atoms with van der Waals surface area (Å²) in [7, 11) is 0. The number of aromatic nitrogens is 2. The molecule has 1 atom stereocenters. The van der Waals surface area contributed by atoms with E-state index in [2.05, 4.69) is 6.58 Å². The van der Waals surface area contributed by atoms with E-state index in [1.807, 2.05) is 32.0 Å². The van der Waals surface area contributed by atoms with Gasteiger partial charge in [0.1, 0.15) is 0 Å². The van der Waals surface area contributed by atoms with E-state index < -0.39 is 18.0 Å². The molecule has 0 bridgehead atoms. The van der Waals surface area contributed by atoms with Crippen LogP contribution in [0.15, 0.2) is 58.6 Å². The minimum atomic E-state index is -0.953. The second kappa shape index (κ2) is 10.5. The van der Waals surface area contributed by atoms with E-state index in [9.17, 15) is 19.2 Å². The Balaban J connectivity index is 1.67. The quantitative estimate of drug-likeness (QED) is 0.502. The molecule has 1 aliphatic heterocycles. The van der Waals surface area contributed by atoms with Crippen LogP contribution in [0.2, 0.25) is 0 Å². The van der Waals surface area contributed by atoms with E-state index >= 15 is 0 Å².